The lowest BCUT2D eigenvalue weighted by molar-refractivity contribution is 0.463. The minimum Gasteiger partial charge on any atom is -0.458 e. The molecule has 4 heteroatoms. The van der Waals surface area contributed by atoms with Gasteiger partial charge in [-0.1, -0.05) is 36.4 Å². The van der Waals surface area contributed by atoms with Crippen LogP contribution in [0.3, 0.4) is 0 Å². The molecule has 2 aliphatic rings. The topological polar surface area (TPSA) is 42.2 Å². The molecular formula is C19H10BNO2. The normalized spacial score (nSPS) is 12.9. The first kappa shape index (κ1) is 12.4. The molecule has 0 radical (unpaired) electrons. The second-order valence-electron chi connectivity index (χ2n) is 5.68. The molecule has 3 nitrogen and oxygen atoms in total. The van der Waals surface area contributed by atoms with Crippen molar-refractivity contribution in [1.82, 2.24) is 0 Å². The Kier molecular flexibility index (Phi) is 2.37. The molecule has 5 rings (SSSR count). The summed E-state index contributed by atoms with van der Waals surface area (Å²) in [6, 6.07) is 21.9. The van der Waals surface area contributed by atoms with E-state index in [0.717, 1.165) is 33.6 Å². The molecule has 0 saturated heterocycles. The van der Waals surface area contributed by atoms with Crippen LogP contribution in [0.25, 0.3) is 0 Å². The highest BCUT2D eigenvalue weighted by molar-refractivity contribution is 6.98. The maximum absolute atomic E-state index is 9.43. The Balaban J connectivity index is 1.89. The second kappa shape index (κ2) is 4.41. The van der Waals surface area contributed by atoms with Gasteiger partial charge in [0.25, 0.3) is 6.71 Å². The zero-order valence-electron chi connectivity index (χ0n) is 12.1. The Hall–Kier alpha value is -3.19. The minimum atomic E-state index is 0.0307. The van der Waals surface area contributed by atoms with Gasteiger partial charge in [-0.3, -0.25) is 0 Å². The van der Waals surface area contributed by atoms with Crippen molar-refractivity contribution >= 4 is 23.1 Å². The summed E-state index contributed by atoms with van der Waals surface area (Å²) in [7, 11) is 0. The summed E-state index contributed by atoms with van der Waals surface area (Å²) in [5.74, 6) is 3.04. The Labute approximate surface area is 133 Å². The standard InChI is InChI=1S/C19H10BNO2/c21-11-12-9-10-17-18-19(12)23-16-8-4-2-6-14(16)20(18)13-5-1-3-7-15(13)22-17/h1-10H. The minimum absolute atomic E-state index is 0.0307. The predicted octanol–water partition coefficient (Wildman–Crippen LogP) is 2.29. The first-order valence-electron chi connectivity index (χ1n) is 7.47. The van der Waals surface area contributed by atoms with Crippen molar-refractivity contribution in [3.8, 4) is 29.1 Å². The van der Waals surface area contributed by atoms with E-state index in [2.05, 4.69) is 18.2 Å². The van der Waals surface area contributed by atoms with Gasteiger partial charge in [-0.25, -0.2) is 0 Å². The van der Waals surface area contributed by atoms with E-state index in [1.165, 1.54) is 0 Å². The number of nitriles is 1. The van der Waals surface area contributed by atoms with E-state index < -0.39 is 0 Å². The highest BCUT2D eigenvalue weighted by Crippen LogP contribution is 2.35. The van der Waals surface area contributed by atoms with E-state index in [9.17, 15) is 5.26 Å². The van der Waals surface area contributed by atoms with Gasteiger partial charge in [0, 0.05) is 5.46 Å². The molecule has 0 amide bonds. The SMILES string of the molecule is N#Cc1ccc2c3c1Oc1ccccc1B3c1ccccc1O2. The van der Waals surface area contributed by atoms with Gasteiger partial charge in [-0.2, -0.15) is 5.26 Å². The van der Waals surface area contributed by atoms with Crippen molar-refractivity contribution < 1.29 is 9.47 Å². The van der Waals surface area contributed by atoms with Crippen molar-refractivity contribution in [2.24, 2.45) is 0 Å². The van der Waals surface area contributed by atoms with Crippen molar-refractivity contribution in [2.45, 2.75) is 0 Å². The van der Waals surface area contributed by atoms with Gasteiger partial charge in [0.2, 0.25) is 0 Å². The van der Waals surface area contributed by atoms with Crippen LogP contribution >= 0.6 is 0 Å². The van der Waals surface area contributed by atoms with E-state index in [1.54, 1.807) is 6.07 Å². The molecule has 2 aliphatic heterocycles. The lowest BCUT2D eigenvalue weighted by Gasteiger charge is -2.33. The summed E-state index contributed by atoms with van der Waals surface area (Å²) < 4.78 is 12.1. The van der Waals surface area contributed by atoms with Crippen LogP contribution in [0.1, 0.15) is 5.56 Å². The first-order valence-corrected chi connectivity index (χ1v) is 7.47. The van der Waals surface area contributed by atoms with Crippen LogP contribution in [0.4, 0.5) is 0 Å². The highest BCUT2D eigenvalue weighted by atomic mass is 16.5. The average Bonchev–Trinajstić information content (AvgIpc) is 2.61. The Morgan fingerprint density at radius 3 is 2.09 bits per heavy atom. The van der Waals surface area contributed by atoms with Crippen molar-refractivity contribution in [3.05, 3.63) is 66.2 Å². The van der Waals surface area contributed by atoms with Gasteiger partial charge in [-0.05, 0) is 35.2 Å². The van der Waals surface area contributed by atoms with Crippen LogP contribution in [0.5, 0.6) is 23.0 Å². The van der Waals surface area contributed by atoms with Gasteiger partial charge in [-0.15, -0.1) is 0 Å². The second-order valence-corrected chi connectivity index (χ2v) is 5.68. The summed E-state index contributed by atoms with van der Waals surface area (Å²) in [4.78, 5) is 0. The molecule has 106 valence electrons. The quantitative estimate of drug-likeness (QED) is 0.412. The van der Waals surface area contributed by atoms with E-state index in [1.807, 2.05) is 42.5 Å². The third-order valence-corrected chi connectivity index (χ3v) is 4.46. The molecule has 3 aromatic carbocycles. The predicted molar refractivity (Wildman–Crippen MR) is 88.8 cm³/mol. The molecule has 0 aliphatic carbocycles. The molecule has 23 heavy (non-hydrogen) atoms. The lowest BCUT2D eigenvalue weighted by atomic mass is 9.35. The lowest BCUT2D eigenvalue weighted by Crippen LogP contribution is -2.57. The number of hydrogen-bond acceptors (Lipinski definition) is 3. The number of nitrogens with zero attached hydrogens (tertiary/aromatic N) is 1. The monoisotopic (exact) mass is 295 g/mol. The summed E-state index contributed by atoms with van der Waals surface area (Å²) >= 11 is 0. The number of rotatable bonds is 0. The third-order valence-electron chi connectivity index (χ3n) is 4.46. The molecule has 0 unspecified atom stereocenters. The van der Waals surface area contributed by atoms with Crippen molar-refractivity contribution in [2.75, 3.05) is 0 Å². The molecule has 0 saturated carbocycles. The van der Waals surface area contributed by atoms with Crippen LogP contribution in [0, 0.1) is 11.3 Å². The zero-order valence-corrected chi connectivity index (χ0v) is 12.1. The smallest absolute Gasteiger partial charge is 0.260 e. The van der Waals surface area contributed by atoms with Gasteiger partial charge in [0.1, 0.15) is 29.1 Å². The van der Waals surface area contributed by atoms with Gasteiger partial charge in [0.15, 0.2) is 0 Å². The van der Waals surface area contributed by atoms with Crippen LogP contribution in [0.2, 0.25) is 0 Å². The molecule has 0 bridgehead atoms. The fourth-order valence-corrected chi connectivity index (χ4v) is 3.47. The summed E-state index contributed by atoms with van der Waals surface area (Å²) in [5, 5.41) is 9.43. The maximum atomic E-state index is 9.43. The largest absolute Gasteiger partial charge is 0.458 e. The van der Waals surface area contributed by atoms with Gasteiger partial charge >= 0.3 is 0 Å². The maximum Gasteiger partial charge on any atom is 0.260 e. The zero-order chi connectivity index (χ0) is 15.4. The Morgan fingerprint density at radius 1 is 0.739 bits per heavy atom. The van der Waals surface area contributed by atoms with Gasteiger partial charge in [0.05, 0.1) is 5.56 Å². The van der Waals surface area contributed by atoms with Crippen LogP contribution in [-0.4, -0.2) is 6.71 Å². The fraction of sp³-hybridized carbons (Fsp3) is 0. The van der Waals surface area contributed by atoms with Crippen molar-refractivity contribution in [3.63, 3.8) is 0 Å². The summed E-state index contributed by atoms with van der Waals surface area (Å²) in [6.45, 7) is 0.0307. The summed E-state index contributed by atoms with van der Waals surface area (Å²) in [6.07, 6.45) is 0. The molecule has 0 N–H and O–H groups in total. The third kappa shape index (κ3) is 1.59. The average molecular weight is 295 g/mol. The number of para-hydroxylation sites is 2. The number of hydrogen-bond donors (Lipinski definition) is 0. The first-order chi connectivity index (χ1) is 11.4. The van der Waals surface area contributed by atoms with E-state index in [-0.39, 0.29) is 6.71 Å². The number of benzene rings is 3. The summed E-state index contributed by atoms with van der Waals surface area (Å²) in [5.41, 5.74) is 3.69. The fourth-order valence-electron chi connectivity index (χ4n) is 3.47. The number of fused-ring (bicyclic) bond motifs is 4. The van der Waals surface area contributed by atoms with Crippen molar-refractivity contribution in [1.29, 1.82) is 5.26 Å². The molecule has 3 aromatic rings. The van der Waals surface area contributed by atoms with E-state index in [4.69, 9.17) is 9.47 Å². The highest BCUT2D eigenvalue weighted by Gasteiger charge is 2.40. The molecular weight excluding hydrogens is 285 g/mol. The van der Waals surface area contributed by atoms with Gasteiger partial charge < -0.3 is 9.47 Å². The number of ether oxygens (including phenoxy) is 2. The molecule has 0 spiro atoms. The molecule has 2 heterocycles. The van der Waals surface area contributed by atoms with Crippen LogP contribution in [0.15, 0.2) is 60.7 Å². The van der Waals surface area contributed by atoms with E-state index >= 15 is 0 Å². The van der Waals surface area contributed by atoms with Crippen LogP contribution in [-0.2, 0) is 0 Å². The molecule has 0 atom stereocenters. The molecule has 0 aromatic heterocycles. The Morgan fingerprint density at radius 2 is 1.39 bits per heavy atom. The molecule has 0 fully saturated rings. The van der Waals surface area contributed by atoms with E-state index in [0.29, 0.717) is 11.3 Å². The van der Waals surface area contributed by atoms with Crippen LogP contribution < -0.4 is 25.9 Å². The Bertz CT molecular complexity index is 995.